The maximum Gasteiger partial charge on any atom is 0.269 e. The van der Waals surface area contributed by atoms with E-state index in [9.17, 15) is 22.2 Å². The Balaban J connectivity index is 2.19. The first-order valence-electron chi connectivity index (χ1n) is 9.74. The number of fused-ring (bicyclic) bond motifs is 3. The van der Waals surface area contributed by atoms with Crippen molar-refractivity contribution >= 4 is 26.9 Å². The van der Waals surface area contributed by atoms with Gasteiger partial charge in [0.05, 0.1) is 5.92 Å². The highest BCUT2D eigenvalue weighted by Gasteiger charge is 2.34. The third-order valence-corrected chi connectivity index (χ3v) is 6.92. The molecule has 0 saturated carbocycles. The van der Waals surface area contributed by atoms with Gasteiger partial charge in [0.1, 0.15) is 11.1 Å². The molecule has 0 radical (unpaired) electrons. The molecule has 1 aliphatic carbocycles. The molecular weight excluding hydrogens is 383 g/mol. The number of carbonyl (C=O) groups excluding carboxylic acids is 1. The number of halogens is 1. The van der Waals surface area contributed by atoms with Gasteiger partial charge in [0.2, 0.25) is 5.91 Å². The summed E-state index contributed by atoms with van der Waals surface area (Å²) in [6.07, 6.45) is 2.17. The Labute approximate surface area is 165 Å². The molecule has 6 nitrogen and oxygen atoms in total. The normalized spacial score (nSPS) is 18.1. The number of amides is 1. The van der Waals surface area contributed by atoms with Gasteiger partial charge >= 0.3 is 0 Å². The maximum absolute atomic E-state index is 14.0. The molecule has 8 heteroatoms. The number of likely N-dealkylation sites (N-methyl/N-ethyl adjacent to an activating group) is 1. The largest absolute Gasteiger partial charge is 0.343 e. The molecule has 1 aliphatic rings. The topological polar surface area (TPSA) is 79.6 Å². The lowest BCUT2D eigenvalue weighted by Gasteiger charge is -2.29. The molecule has 0 bridgehead atoms. The van der Waals surface area contributed by atoms with Crippen LogP contribution in [0.25, 0.3) is 10.9 Å². The predicted octanol–water partition coefficient (Wildman–Crippen LogP) is 3.35. The molecule has 1 aromatic heterocycles. The zero-order valence-corrected chi connectivity index (χ0v) is 17.3. The van der Waals surface area contributed by atoms with E-state index in [4.69, 9.17) is 0 Å². The van der Waals surface area contributed by atoms with Crippen LogP contribution in [0, 0.1) is 5.82 Å². The number of hydrogen-bond acceptors (Lipinski definition) is 3. The van der Waals surface area contributed by atoms with Gasteiger partial charge in [-0.25, -0.2) is 4.39 Å². The molecule has 0 fully saturated rings. The molecule has 2 aromatic rings. The van der Waals surface area contributed by atoms with E-state index >= 15 is 0 Å². The predicted molar refractivity (Wildman–Crippen MR) is 107 cm³/mol. The summed E-state index contributed by atoms with van der Waals surface area (Å²) in [4.78, 5) is 14.9. The zero-order valence-electron chi connectivity index (χ0n) is 16.5. The SMILES string of the molecule is CCN(CC)C(=O)C1CCCc2c1c1cc(F)ccc1n2CC(C)S(=O)(=O)O. The van der Waals surface area contributed by atoms with Crippen LogP contribution in [0.2, 0.25) is 0 Å². The lowest BCUT2D eigenvalue weighted by atomic mass is 9.84. The number of carbonyl (C=O) groups is 1. The first-order chi connectivity index (χ1) is 13.2. The third-order valence-electron chi connectivity index (χ3n) is 5.75. The van der Waals surface area contributed by atoms with E-state index in [1.807, 2.05) is 18.4 Å². The lowest BCUT2D eigenvalue weighted by Crippen LogP contribution is -2.36. The molecule has 0 spiro atoms. The van der Waals surface area contributed by atoms with Crippen molar-refractivity contribution < 1.29 is 22.2 Å². The Morgan fingerprint density at radius 1 is 1.36 bits per heavy atom. The molecule has 0 saturated heterocycles. The van der Waals surface area contributed by atoms with Gasteiger partial charge in [-0.05, 0) is 63.8 Å². The monoisotopic (exact) mass is 410 g/mol. The summed E-state index contributed by atoms with van der Waals surface area (Å²) >= 11 is 0. The zero-order chi connectivity index (χ0) is 20.6. The number of aromatic nitrogens is 1. The van der Waals surface area contributed by atoms with E-state index in [1.165, 1.54) is 19.1 Å². The van der Waals surface area contributed by atoms with Crippen molar-refractivity contribution in [2.45, 2.75) is 57.7 Å². The van der Waals surface area contributed by atoms with E-state index in [0.29, 0.717) is 36.8 Å². The number of rotatable bonds is 6. The molecule has 1 N–H and O–H groups in total. The molecule has 2 unspecified atom stereocenters. The van der Waals surface area contributed by atoms with Crippen LogP contribution < -0.4 is 0 Å². The Hall–Kier alpha value is -1.93. The molecule has 2 atom stereocenters. The van der Waals surface area contributed by atoms with E-state index in [-0.39, 0.29) is 18.4 Å². The van der Waals surface area contributed by atoms with E-state index in [1.54, 1.807) is 11.0 Å². The van der Waals surface area contributed by atoms with Crippen molar-refractivity contribution in [3.63, 3.8) is 0 Å². The quantitative estimate of drug-likeness (QED) is 0.741. The van der Waals surface area contributed by atoms with Crippen LogP contribution in [-0.4, -0.2) is 46.7 Å². The van der Waals surface area contributed by atoms with Crippen molar-refractivity contribution in [3.8, 4) is 0 Å². The highest BCUT2D eigenvalue weighted by Crippen LogP contribution is 2.40. The summed E-state index contributed by atoms with van der Waals surface area (Å²) in [6.45, 7) is 6.58. The summed E-state index contributed by atoms with van der Waals surface area (Å²) in [5, 5.41) is -0.348. The second-order valence-electron chi connectivity index (χ2n) is 7.41. The van der Waals surface area contributed by atoms with Gasteiger partial charge < -0.3 is 9.47 Å². The van der Waals surface area contributed by atoms with Crippen LogP contribution in [0.15, 0.2) is 18.2 Å². The van der Waals surface area contributed by atoms with Crippen LogP contribution in [0.1, 0.15) is 50.8 Å². The summed E-state index contributed by atoms with van der Waals surface area (Å²) in [7, 11) is -4.20. The summed E-state index contributed by atoms with van der Waals surface area (Å²) < 4.78 is 48.5. The van der Waals surface area contributed by atoms with Crippen molar-refractivity contribution in [2.75, 3.05) is 13.1 Å². The minimum atomic E-state index is -4.20. The smallest absolute Gasteiger partial charge is 0.269 e. The van der Waals surface area contributed by atoms with E-state index < -0.39 is 21.2 Å². The molecule has 28 heavy (non-hydrogen) atoms. The maximum atomic E-state index is 14.0. The van der Waals surface area contributed by atoms with Crippen LogP contribution in [0.3, 0.4) is 0 Å². The van der Waals surface area contributed by atoms with E-state index in [2.05, 4.69) is 0 Å². The van der Waals surface area contributed by atoms with Gasteiger partial charge in [-0.2, -0.15) is 8.42 Å². The van der Waals surface area contributed by atoms with Gasteiger partial charge in [-0.1, -0.05) is 0 Å². The van der Waals surface area contributed by atoms with Gasteiger partial charge in [-0.3, -0.25) is 9.35 Å². The average molecular weight is 411 g/mol. The molecule has 154 valence electrons. The summed E-state index contributed by atoms with van der Waals surface area (Å²) in [5.41, 5.74) is 2.37. The molecule has 1 amide bonds. The fourth-order valence-corrected chi connectivity index (χ4v) is 4.58. The second-order valence-corrected chi connectivity index (χ2v) is 9.25. The van der Waals surface area contributed by atoms with Crippen LogP contribution >= 0.6 is 0 Å². The fourth-order valence-electron chi connectivity index (χ4n) is 4.24. The Bertz CT molecular complexity index is 995. The van der Waals surface area contributed by atoms with Gasteiger partial charge in [0.25, 0.3) is 10.1 Å². The molecule has 0 aliphatic heterocycles. The Morgan fingerprint density at radius 3 is 2.64 bits per heavy atom. The Kier molecular flexibility index (Phi) is 5.82. The van der Waals surface area contributed by atoms with Gasteiger partial charge in [-0.15, -0.1) is 0 Å². The highest BCUT2D eigenvalue weighted by molar-refractivity contribution is 7.86. The fraction of sp³-hybridized carbons (Fsp3) is 0.550. The van der Waals surface area contributed by atoms with E-state index in [0.717, 1.165) is 17.7 Å². The molecule has 1 aromatic carbocycles. The van der Waals surface area contributed by atoms with Crippen molar-refractivity contribution in [1.29, 1.82) is 0 Å². The lowest BCUT2D eigenvalue weighted by molar-refractivity contribution is -0.132. The first kappa shape index (κ1) is 20.8. The van der Waals surface area contributed by atoms with Gasteiger partial charge in [0.15, 0.2) is 0 Å². The average Bonchev–Trinajstić information content (AvgIpc) is 2.95. The number of nitrogens with zero attached hydrogens (tertiary/aromatic N) is 2. The molecule has 1 heterocycles. The van der Waals surface area contributed by atoms with Crippen molar-refractivity contribution in [3.05, 3.63) is 35.3 Å². The highest BCUT2D eigenvalue weighted by atomic mass is 32.2. The number of benzene rings is 1. The third kappa shape index (κ3) is 3.67. The minimum absolute atomic E-state index is 0.0251. The van der Waals surface area contributed by atoms with Gasteiger partial charge in [0, 0.05) is 36.2 Å². The van der Waals surface area contributed by atoms with Crippen molar-refractivity contribution in [2.24, 2.45) is 0 Å². The Morgan fingerprint density at radius 2 is 2.04 bits per heavy atom. The molecule has 3 rings (SSSR count). The first-order valence-corrected chi connectivity index (χ1v) is 11.2. The summed E-state index contributed by atoms with van der Waals surface area (Å²) in [5.74, 6) is -0.734. The molecular formula is C20H27FN2O4S. The second kappa shape index (κ2) is 7.83. The summed E-state index contributed by atoms with van der Waals surface area (Å²) in [6, 6.07) is 4.39. The number of hydrogen-bond donors (Lipinski definition) is 1. The standard InChI is InChI=1S/C20H27FN2O4S/c1-4-22(5-2)20(24)15-7-6-8-18-19(15)16-11-14(21)9-10-17(16)23(18)12-13(3)28(25,26)27/h9-11,13,15H,4-8,12H2,1-3H3,(H,25,26,27). The van der Waals surface area contributed by atoms with Crippen molar-refractivity contribution in [1.82, 2.24) is 9.47 Å². The van der Waals surface area contributed by atoms with Crippen LogP contribution in [0.5, 0.6) is 0 Å². The van der Waals surface area contributed by atoms with Crippen LogP contribution in [0.4, 0.5) is 4.39 Å². The minimum Gasteiger partial charge on any atom is -0.343 e. The van der Waals surface area contributed by atoms with Crippen LogP contribution in [-0.2, 0) is 27.9 Å².